The number of aromatic nitrogens is 3. The van der Waals surface area contributed by atoms with Gasteiger partial charge in [-0.1, -0.05) is 62.7 Å². The number of carboxylic acid groups (broad SMARTS) is 1. The van der Waals surface area contributed by atoms with Crippen LogP contribution >= 0.6 is 0 Å². The summed E-state index contributed by atoms with van der Waals surface area (Å²) < 4.78 is 8.31. The minimum Gasteiger partial charge on any atom is -0.481 e. The van der Waals surface area contributed by atoms with Crippen molar-refractivity contribution in [1.82, 2.24) is 15.0 Å². The molecule has 7 heteroatoms. The second-order valence-electron chi connectivity index (χ2n) is 10.7. The third-order valence-corrected chi connectivity index (χ3v) is 11.8. The lowest BCUT2D eigenvalue weighted by atomic mass is 9.77. The fraction of sp³-hybridized carbons (Fsp3) is 0.500. The number of aliphatic carboxylic acids is 1. The summed E-state index contributed by atoms with van der Waals surface area (Å²) in [5, 5.41) is 18.6. The van der Waals surface area contributed by atoms with Crippen LogP contribution in [0.15, 0.2) is 30.3 Å². The predicted octanol–water partition coefficient (Wildman–Crippen LogP) is 5.96. The zero-order valence-corrected chi connectivity index (χ0v) is 22.4. The normalized spacial score (nSPS) is 14.5. The Labute approximate surface area is 198 Å². The Balaban J connectivity index is 2.15. The number of aryl methyl sites for hydroxylation is 3. The van der Waals surface area contributed by atoms with Gasteiger partial charge in [0.1, 0.15) is 5.52 Å². The van der Waals surface area contributed by atoms with Gasteiger partial charge in [-0.15, -0.1) is 5.10 Å². The lowest BCUT2D eigenvalue weighted by Gasteiger charge is -2.36. The smallest absolute Gasteiger partial charge is 0.307 e. The van der Waals surface area contributed by atoms with Gasteiger partial charge in [-0.05, 0) is 60.3 Å². The van der Waals surface area contributed by atoms with E-state index in [1.807, 2.05) is 26.1 Å². The molecule has 0 amide bonds. The number of carboxylic acids is 1. The van der Waals surface area contributed by atoms with Gasteiger partial charge in [-0.25, -0.2) is 4.68 Å². The molecule has 2 aromatic carbocycles. The molecule has 0 aliphatic carbocycles. The van der Waals surface area contributed by atoms with Gasteiger partial charge in [-0.2, -0.15) is 0 Å². The van der Waals surface area contributed by atoms with Crippen molar-refractivity contribution in [1.29, 1.82) is 0 Å². The number of hydrogen-bond donors (Lipinski definition) is 1. The SMILES string of the molecule is Cc1ccc(C(c2ccc3c(nnn3C)c2C)C(C)C(=O)O)c(CO[Si](C)(C)C(C)(C)C)c1. The number of hydrogen-bond acceptors (Lipinski definition) is 4. The third kappa shape index (κ3) is 4.89. The Morgan fingerprint density at radius 3 is 2.39 bits per heavy atom. The molecule has 0 aliphatic heterocycles. The van der Waals surface area contributed by atoms with Crippen molar-refractivity contribution in [2.45, 2.75) is 72.2 Å². The number of benzene rings is 2. The molecular formula is C26H37N3O3Si. The van der Waals surface area contributed by atoms with E-state index >= 15 is 0 Å². The van der Waals surface area contributed by atoms with Crippen molar-refractivity contribution >= 4 is 25.3 Å². The standard InChI is InChI=1S/C26H37N3O3Si/c1-16-10-11-21(19(14-16)15-32-33(8,9)26(4,5)6)23(18(3)25(30)31)20-12-13-22-24(17(20)2)27-28-29(22)7/h10-14,18,23H,15H2,1-9H3,(H,30,31). The van der Waals surface area contributed by atoms with Crippen molar-refractivity contribution < 1.29 is 14.3 Å². The van der Waals surface area contributed by atoms with Crippen LogP contribution in [0.1, 0.15) is 61.4 Å². The van der Waals surface area contributed by atoms with Crippen LogP contribution in [0.2, 0.25) is 18.1 Å². The van der Waals surface area contributed by atoms with E-state index in [0.29, 0.717) is 6.61 Å². The molecule has 0 bridgehead atoms. The summed E-state index contributed by atoms with van der Waals surface area (Å²) in [5.74, 6) is -1.77. The van der Waals surface area contributed by atoms with E-state index in [-0.39, 0.29) is 11.0 Å². The van der Waals surface area contributed by atoms with Crippen LogP contribution in [0.4, 0.5) is 0 Å². The second-order valence-corrected chi connectivity index (χ2v) is 15.5. The van der Waals surface area contributed by atoms with Crippen molar-refractivity contribution in [3.8, 4) is 0 Å². The molecule has 33 heavy (non-hydrogen) atoms. The Morgan fingerprint density at radius 1 is 1.15 bits per heavy atom. The third-order valence-electron chi connectivity index (χ3n) is 7.33. The minimum absolute atomic E-state index is 0.0956. The highest BCUT2D eigenvalue weighted by Gasteiger charge is 2.38. The minimum atomic E-state index is -1.97. The molecule has 3 aromatic rings. The van der Waals surface area contributed by atoms with Gasteiger partial charge in [-0.3, -0.25) is 4.79 Å². The van der Waals surface area contributed by atoms with E-state index in [4.69, 9.17) is 4.43 Å². The first-order valence-electron chi connectivity index (χ1n) is 11.5. The first-order valence-corrected chi connectivity index (χ1v) is 14.4. The summed E-state index contributed by atoms with van der Waals surface area (Å²) in [6.07, 6.45) is 0. The number of rotatable bonds is 7. The van der Waals surface area contributed by atoms with Crippen molar-refractivity contribution in [2.24, 2.45) is 13.0 Å². The Bertz CT molecular complexity index is 1180. The maximum Gasteiger partial charge on any atom is 0.307 e. The van der Waals surface area contributed by atoms with Crippen LogP contribution in [0, 0.1) is 19.8 Å². The molecule has 178 valence electrons. The Morgan fingerprint density at radius 2 is 1.79 bits per heavy atom. The summed E-state index contributed by atoms with van der Waals surface area (Å²) in [5.41, 5.74) is 6.87. The summed E-state index contributed by atoms with van der Waals surface area (Å²) in [6, 6.07) is 10.3. The van der Waals surface area contributed by atoms with E-state index in [9.17, 15) is 9.90 Å². The highest BCUT2D eigenvalue weighted by molar-refractivity contribution is 6.74. The summed E-state index contributed by atoms with van der Waals surface area (Å²) in [7, 11) is -0.110. The predicted molar refractivity (Wildman–Crippen MR) is 135 cm³/mol. The zero-order chi connectivity index (χ0) is 24.7. The second kappa shape index (κ2) is 9.03. The van der Waals surface area contributed by atoms with Crippen LogP contribution in [0.3, 0.4) is 0 Å². The van der Waals surface area contributed by atoms with E-state index in [0.717, 1.165) is 38.9 Å². The molecular weight excluding hydrogens is 430 g/mol. The first kappa shape index (κ1) is 25.1. The molecule has 2 unspecified atom stereocenters. The van der Waals surface area contributed by atoms with Gasteiger partial charge in [0.2, 0.25) is 0 Å². The largest absolute Gasteiger partial charge is 0.481 e. The Kier molecular flexibility index (Phi) is 6.87. The van der Waals surface area contributed by atoms with Gasteiger partial charge >= 0.3 is 5.97 Å². The van der Waals surface area contributed by atoms with Crippen molar-refractivity contribution in [3.63, 3.8) is 0 Å². The molecule has 1 aromatic heterocycles. The van der Waals surface area contributed by atoms with Gasteiger partial charge in [0.15, 0.2) is 8.32 Å². The average molecular weight is 468 g/mol. The highest BCUT2D eigenvalue weighted by atomic mass is 28.4. The molecule has 0 saturated carbocycles. The van der Waals surface area contributed by atoms with Crippen LogP contribution < -0.4 is 0 Å². The lowest BCUT2D eigenvalue weighted by molar-refractivity contribution is -0.141. The quantitative estimate of drug-likeness (QED) is 0.434. The van der Waals surface area contributed by atoms with Crippen LogP contribution in [-0.4, -0.2) is 34.4 Å². The fourth-order valence-corrected chi connectivity index (χ4v) is 5.02. The first-order chi connectivity index (χ1) is 15.2. The van der Waals surface area contributed by atoms with Gasteiger partial charge in [0.25, 0.3) is 0 Å². The van der Waals surface area contributed by atoms with Gasteiger partial charge in [0, 0.05) is 13.0 Å². The monoisotopic (exact) mass is 467 g/mol. The topological polar surface area (TPSA) is 77.2 Å². The zero-order valence-electron chi connectivity index (χ0n) is 21.4. The summed E-state index contributed by atoms with van der Waals surface area (Å²) in [6.45, 7) is 17.5. The molecule has 2 atom stereocenters. The molecule has 6 nitrogen and oxygen atoms in total. The molecule has 0 spiro atoms. The van der Waals surface area contributed by atoms with Gasteiger partial charge in [0.05, 0.1) is 18.0 Å². The summed E-state index contributed by atoms with van der Waals surface area (Å²) >= 11 is 0. The number of carbonyl (C=O) groups is 1. The fourth-order valence-electron chi connectivity index (χ4n) is 4.07. The maximum absolute atomic E-state index is 12.2. The summed E-state index contributed by atoms with van der Waals surface area (Å²) in [4.78, 5) is 12.2. The number of fused-ring (bicyclic) bond motifs is 1. The maximum atomic E-state index is 12.2. The van der Waals surface area contributed by atoms with Crippen molar-refractivity contribution in [2.75, 3.05) is 0 Å². The van der Waals surface area contributed by atoms with Gasteiger partial charge < -0.3 is 9.53 Å². The van der Waals surface area contributed by atoms with Crippen LogP contribution in [-0.2, 0) is 22.9 Å². The molecule has 0 radical (unpaired) electrons. The molecule has 3 rings (SSSR count). The van der Waals surface area contributed by atoms with Crippen LogP contribution in [0.5, 0.6) is 0 Å². The van der Waals surface area contributed by atoms with E-state index in [2.05, 4.69) is 69.3 Å². The lowest BCUT2D eigenvalue weighted by Crippen LogP contribution is -2.40. The van der Waals surface area contributed by atoms with Crippen molar-refractivity contribution in [3.05, 3.63) is 58.1 Å². The van der Waals surface area contributed by atoms with E-state index in [1.54, 1.807) is 11.6 Å². The number of nitrogens with zero attached hydrogens (tertiary/aromatic N) is 3. The average Bonchev–Trinajstić information content (AvgIpc) is 3.10. The van der Waals surface area contributed by atoms with Crippen LogP contribution in [0.25, 0.3) is 11.0 Å². The molecule has 0 fully saturated rings. The highest BCUT2D eigenvalue weighted by Crippen LogP contribution is 2.40. The Hall–Kier alpha value is -2.51. The van der Waals surface area contributed by atoms with E-state index in [1.165, 1.54) is 0 Å². The molecule has 0 aliphatic rings. The van der Waals surface area contributed by atoms with E-state index < -0.39 is 20.2 Å². The molecule has 1 N–H and O–H groups in total. The molecule has 0 saturated heterocycles. The molecule has 1 heterocycles.